The molecule has 0 N–H and O–H groups in total. The van der Waals surface area contributed by atoms with E-state index in [2.05, 4.69) is 0 Å². The molecule has 104 valence electrons. The molecule has 2 aromatic carbocycles. The Kier molecular flexibility index (Phi) is 5.28. The van der Waals surface area contributed by atoms with Crippen molar-refractivity contribution >= 4 is 70.2 Å². The van der Waals surface area contributed by atoms with Crippen molar-refractivity contribution < 1.29 is 0 Å². The van der Waals surface area contributed by atoms with Gasteiger partial charge in [0.05, 0.1) is 25.1 Å². The minimum absolute atomic E-state index is 0.163. The molecule has 0 heterocycles. The Bertz CT molecular complexity index is 643. The third kappa shape index (κ3) is 3.27. The van der Waals surface area contributed by atoms with Crippen molar-refractivity contribution in [1.29, 1.82) is 0 Å². The summed E-state index contributed by atoms with van der Waals surface area (Å²) < 4.78 is 0. The lowest BCUT2D eigenvalue weighted by atomic mass is 10.1. The molecule has 0 nitrogen and oxygen atoms in total. The number of hydrogen-bond donors (Lipinski definition) is 0. The van der Waals surface area contributed by atoms with Crippen LogP contribution in [0, 0.1) is 6.92 Å². The molecule has 0 fully saturated rings. The first-order valence-corrected chi connectivity index (χ1v) is 7.57. The minimum atomic E-state index is 0.163. The van der Waals surface area contributed by atoms with Crippen LogP contribution in [0.2, 0.25) is 25.1 Å². The monoisotopic (exact) mass is 364 g/mol. The van der Waals surface area contributed by atoms with E-state index in [1.807, 2.05) is 37.3 Å². The number of rotatable bonds is 2. The van der Waals surface area contributed by atoms with Crippen molar-refractivity contribution in [3.63, 3.8) is 0 Å². The molecule has 5 heteroatoms. The van der Waals surface area contributed by atoms with Gasteiger partial charge in [-0.25, -0.2) is 0 Å². The van der Waals surface area contributed by atoms with Gasteiger partial charge >= 0.3 is 0 Å². The van der Waals surface area contributed by atoms with Gasteiger partial charge in [-0.2, -0.15) is 0 Å². The molecule has 0 unspecified atom stereocenters. The van der Waals surface area contributed by atoms with Crippen LogP contribution in [0.25, 0.3) is 12.2 Å². The van der Waals surface area contributed by atoms with Crippen LogP contribution in [0.5, 0.6) is 0 Å². The molecule has 0 saturated carbocycles. The molecule has 2 rings (SSSR count). The molecule has 0 aliphatic rings. The Balaban J connectivity index is 2.46. The summed E-state index contributed by atoms with van der Waals surface area (Å²) in [7, 11) is 0. The van der Waals surface area contributed by atoms with Crippen molar-refractivity contribution in [3.05, 3.63) is 66.1 Å². The van der Waals surface area contributed by atoms with Crippen LogP contribution in [0.3, 0.4) is 0 Å². The van der Waals surface area contributed by atoms with E-state index in [4.69, 9.17) is 58.0 Å². The van der Waals surface area contributed by atoms with Crippen LogP contribution >= 0.6 is 58.0 Å². The molecule has 0 aliphatic carbocycles. The van der Waals surface area contributed by atoms with Gasteiger partial charge in [-0.05, 0) is 12.5 Å². The SMILES string of the molecule is Cc1ccc(C=Cc2c(Cl)c(Cl)c(Cl)c(Cl)c2Cl)cc1. The fourth-order valence-electron chi connectivity index (χ4n) is 1.63. The lowest BCUT2D eigenvalue weighted by Crippen LogP contribution is -1.84. The molecule has 0 saturated heterocycles. The molecule has 0 amide bonds. The van der Waals surface area contributed by atoms with Crippen molar-refractivity contribution in [2.24, 2.45) is 0 Å². The number of aryl methyl sites for hydroxylation is 1. The Morgan fingerprint density at radius 2 is 1.10 bits per heavy atom. The lowest BCUT2D eigenvalue weighted by molar-refractivity contribution is 1.46. The van der Waals surface area contributed by atoms with Crippen LogP contribution in [0.4, 0.5) is 0 Å². The molecular weight excluding hydrogens is 357 g/mol. The highest BCUT2D eigenvalue weighted by atomic mass is 35.5. The van der Waals surface area contributed by atoms with Gasteiger partial charge in [0, 0.05) is 5.56 Å². The van der Waals surface area contributed by atoms with Gasteiger partial charge in [0.15, 0.2) is 0 Å². The molecule has 0 bridgehead atoms. The maximum Gasteiger partial charge on any atom is 0.0809 e. The topological polar surface area (TPSA) is 0 Å². The van der Waals surface area contributed by atoms with E-state index >= 15 is 0 Å². The second-order valence-corrected chi connectivity index (χ2v) is 6.12. The Morgan fingerprint density at radius 3 is 1.60 bits per heavy atom. The molecule has 2 aromatic rings. The average molecular weight is 367 g/mol. The van der Waals surface area contributed by atoms with Gasteiger partial charge in [0.2, 0.25) is 0 Å². The van der Waals surface area contributed by atoms with Gasteiger partial charge in [-0.3, -0.25) is 0 Å². The molecule has 0 radical (unpaired) electrons. The molecular formula is C15H9Cl5. The highest BCUT2D eigenvalue weighted by Gasteiger charge is 2.17. The van der Waals surface area contributed by atoms with Crippen molar-refractivity contribution in [1.82, 2.24) is 0 Å². The van der Waals surface area contributed by atoms with Crippen LogP contribution < -0.4 is 0 Å². The standard InChI is InChI=1S/C15H9Cl5/c1-8-2-4-9(5-3-8)6-7-10-11(16)13(18)15(20)14(19)12(10)17/h2-7H,1H3. The third-order valence-electron chi connectivity index (χ3n) is 2.76. The maximum atomic E-state index is 6.16. The highest BCUT2D eigenvalue weighted by molar-refractivity contribution is 6.55. The van der Waals surface area contributed by atoms with Crippen LogP contribution in [-0.2, 0) is 0 Å². The van der Waals surface area contributed by atoms with Crippen molar-refractivity contribution in [2.75, 3.05) is 0 Å². The molecule has 0 spiro atoms. The zero-order valence-corrected chi connectivity index (χ0v) is 14.1. The lowest BCUT2D eigenvalue weighted by Gasteiger charge is -2.09. The Morgan fingerprint density at radius 1 is 0.650 bits per heavy atom. The maximum absolute atomic E-state index is 6.16. The van der Waals surface area contributed by atoms with E-state index in [9.17, 15) is 0 Å². The summed E-state index contributed by atoms with van der Waals surface area (Å²) in [5.41, 5.74) is 2.76. The van der Waals surface area contributed by atoms with E-state index in [0.29, 0.717) is 5.56 Å². The average Bonchev–Trinajstić information content (AvgIpc) is 2.45. The van der Waals surface area contributed by atoms with E-state index < -0.39 is 0 Å². The first-order chi connectivity index (χ1) is 9.41. The predicted molar refractivity (Wildman–Crippen MR) is 91.6 cm³/mol. The molecule has 20 heavy (non-hydrogen) atoms. The summed E-state index contributed by atoms with van der Waals surface area (Å²) in [6.45, 7) is 2.03. The van der Waals surface area contributed by atoms with E-state index in [-0.39, 0.29) is 25.1 Å². The summed E-state index contributed by atoms with van der Waals surface area (Å²) in [6, 6.07) is 8.02. The number of hydrogen-bond acceptors (Lipinski definition) is 0. The first-order valence-electron chi connectivity index (χ1n) is 5.68. The zero-order chi connectivity index (χ0) is 14.9. The fraction of sp³-hybridized carbons (Fsp3) is 0.0667. The zero-order valence-electron chi connectivity index (χ0n) is 10.4. The van der Waals surface area contributed by atoms with Gasteiger partial charge in [-0.1, -0.05) is 100.0 Å². The largest absolute Gasteiger partial charge is 0.0819 e. The Labute approximate surface area is 142 Å². The fourth-order valence-corrected chi connectivity index (χ4v) is 2.90. The smallest absolute Gasteiger partial charge is 0.0809 e. The van der Waals surface area contributed by atoms with Gasteiger partial charge < -0.3 is 0 Å². The van der Waals surface area contributed by atoms with Crippen LogP contribution in [0.15, 0.2) is 24.3 Å². The Hall–Kier alpha value is -0.370. The van der Waals surface area contributed by atoms with Gasteiger partial charge in [0.1, 0.15) is 0 Å². The second-order valence-electron chi connectivity index (χ2n) is 4.23. The normalized spacial score (nSPS) is 11.3. The molecule has 0 aliphatic heterocycles. The number of halogens is 5. The summed E-state index contributed by atoms with van der Waals surface area (Å²) >= 11 is 30.3. The summed E-state index contributed by atoms with van der Waals surface area (Å²) in [4.78, 5) is 0. The van der Waals surface area contributed by atoms with E-state index in [0.717, 1.165) is 5.56 Å². The minimum Gasteiger partial charge on any atom is -0.0819 e. The van der Waals surface area contributed by atoms with Gasteiger partial charge in [-0.15, -0.1) is 0 Å². The van der Waals surface area contributed by atoms with E-state index in [1.54, 1.807) is 6.08 Å². The summed E-state index contributed by atoms with van der Waals surface area (Å²) in [5.74, 6) is 0. The molecule has 0 atom stereocenters. The third-order valence-corrected chi connectivity index (χ3v) is 5.07. The first kappa shape index (κ1) is 16.0. The second kappa shape index (κ2) is 6.60. The van der Waals surface area contributed by atoms with E-state index in [1.165, 1.54) is 5.56 Å². The van der Waals surface area contributed by atoms with Crippen molar-refractivity contribution in [3.8, 4) is 0 Å². The number of benzene rings is 2. The van der Waals surface area contributed by atoms with Gasteiger partial charge in [0.25, 0.3) is 0 Å². The molecule has 0 aromatic heterocycles. The van der Waals surface area contributed by atoms with Crippen molar-refractivity contribution in [2.45, 2.75) is 6.92 Å². The summed E-state index contributed by atoms with van der Waals surface area (Å²) in [5, 5.41) is 1.14. The predicted octanol–water partition coefficient (Wildman–Crippen LogP) is 7.43. The van der Waals surface area contributed by atoms with Crippen LogP contribution in [0.1, 0.15) is 16.7 Å². The quantitative estimate of drug-likeness (QED) is 0.294. The summed E-state index contributed by atoms with van der Waals surface area (Å²) in [6.07, 6.45) is 3.65. The highest BCUT2D eigenvalue weighted by Crippen LogP contribution is 2.44. The van der Waals surface area contributed by atoms with Crippen LogP contribution in [-0.4, -0.2) is 0 Å².